The van der Waals surface area contributed by atoms with Gasteiger partial charge in [0, 0.05) is 16.5 Å². The average Bonchev–Trinajstić information content (AvgIpc) is 3.73. The van der Waals surface area contributed by atoms with Gasteiger partial charge in [-0.05, 0) is 49.1 Å². The summed E-state index contributed by atoms with van der Waals surface area (Å²) in [4.78, 5) is 13.4. The predicted octanol–water partition coefficient (Wildman–Crippen LogP) is 3.52. The number of terminal acetylenes is 1. The fourth-order valence-electron chi connectivity index (χ4n) is 6.29. The van der Waals surface area contributed by atoms with Crippen LogP contribution in [0.1, 0.15) is 29.8 Å². The molecule has 0 spiro atoms. The van der Waals surface area contributed by atoms with Crippen molar-refractivity contribution in [3.63, 3.8) is 0 Å². The lowest BCUT2D eigenvalue weighted by molar-refractivity contribution is -0.252. The monoisotopic (exact) mass is 606 g/mol. The topological polar surface area (TPSA) is 130 Å². The maximum absolute atomic E-state index is 13.4. The lowest BCUT2D eigenvalue weighted by Crippen LogP contribution is -2.59. The van der Waals surface area contributed by atoms with Crippen molar-refractivity contribution in [1.82, 2.24) is 0 Å². The molecule has 230 valence electrons. The molecule has 0 amide bonds. The van der Waals surface area contributed by atoms with Crippen LogP contribution in [0.15, 0.2) is 30.3 Å². The van der Waals surface area contributed by atoms with Crippen LogP contribution in [-0.4, -0.2) is 75.2 Å². The molecule has 2 saturated heterocycles. The number of fused-ring (bicyclic) bond motifs is 4. The molecule has 3 aromatic carbocycles. The fourth-order valence-corrected chi connectivity index (χ4v) is 6.29. The van der Waals surface area contributed by atoms with Crippen molar-refractivity contribution < 1.29 is 57.3 Å². The number of hydrogen-bond acceptors (Lipinski definition) is 12. The molecule has 4 aliphatic rings. The van der Waals surface area contributed by atoms with Crippen molar-refractivity contribution in [2.45, 2.75) is 56.9 Å². The number of carbonyl (C=O) groups is 1. The summed E-state index contributed by atoms with van der Waals surface area (Å²) in [6, 6.07) is 8.97. The van der Waals surface area contributed by atoms with E-state index in [2.05, 4.69) is 6.11 Å². The molecule has 0 radical (unpaired) electrons. The molecule has 5 atom stereocenters. The Labute approximate surface area is 252 Å². The Morgan fingerprint density at radius 2 is 1.70 bits per heavy atom. The van der Waals surface area contributed by atoms with Gasteiger partial charge < -0.3 is 52.5 Å². The van der Waals surface area contributed by atoms with Crippen molar-refractivity contribution in [3.8, 4) is 52.4 Å². The van der Waals surface area contributed by atoms with E-state index in [1.165, 1.54) is 14.2 Å². The minimum Gasteiger partial charge on any atom is -0.493 e. The van der Waals surface area contributed by atoms with Gasteiger partial charge in [-0.15, -0.1) is 0 Å². The molecule has 12 heteroatoms. The van der Waals surface area contributed by atoms with E-state index in [4.69, 9.17) is 53.8 Å². The van der Waals surface area contributed by atoms with Crippen molar-refractivity contribution in [3.05, 3.63) is 41.5 Å². The first-order chi connectivity index (χ1) is 21.3. The van der Waals surface area contributed by atoms with Gasteiger partial charge in [0.2, 0.25) is 19.2 Å². The highest BCUT2D eigenvalue weighted by Crippen LogP contribution is 2.50. The molecule has 2 fully saturated rings. The van der Waals surface area contributed by atoms with Crippen LogP contribution in [-0.2, 0) is 30.3 Å². The number of methoxy groups -OCH3 is 2. The van der Waals surface area contributed by atoms with E-state index in [0.29, 0.717) is 56.0 Å². The molecular weight excluding hydrogens is 576 g/mol. The Kier molecular flexibility index (Phi) is 6.86. The first-order valence-corrected chi connectivity index (χ1v) is 14.0. The zero-order chi connectivity index (χ0) is 30.7. The second-order valence-electron chi connectivity index (χ2n) is 11.1. The first-order valence-electron chi connectivity index (χ1n) is 14.0. The molecule has 5 unspecified atom stereocenters. The molecular formula is C32H30O12. The third kappa shape index (κ3) is 4.43. The number of aliphatic hydroxyl groups excluding tert-OH is 1. The summed E-state index contributed by atoms with van der Waals surface area (Å²) in [6.07, 6.45) is 3.46. The summed E-state index contributed by atoms with van der Waals surface area (Å²) in [5.41, 5.74) is 2.07. The molecule has 0 saturated carbocycles. The number of carbonyl (C=O) groups excluding carboxylic acids is 1. The molecule has 0 aliphatic carbocycles. The van der Waals surface area contributed by atoms with Crippen molar-refractivity contribution in [1.29, 1.82) is 0 Å². The Hall–Kier alpha value is -4.41. The van der Waals surface area contributed by atoms with Gasteiger partial charge in [-0.3, -0.25) is 0 Å². The normalized spacial score (nSPS) is 26.0. The first kappa shape index (κ1) is 28.4. The summed E-state index contributed by atoms with van der Waals surface area (Å²) in [6.45, 7) is 3.15. The quantitative estimate of drug-likeness (QED) is 0.312. The molecule has 4 aliphatic heterocycles. The van der Waals surface area contributed by atoms with Gasteiger partial charge in [-0.2, -0.15) is 0 Å². The van der Waals surface area contributed by atoms with Crippen LogP contribution in [0.25, 0.3) is 21.9 Å². The summed E-state index contributed by atoms with van der Waals surface area (Å²) in [5, 5.41) is 11.4. The smallest absolute Gasteiger partial charge is 0.339 e. The number of ether oxygens (including phenoxy) is 10. The number of esters is 1. The van der Waals surface area contributed by atoms with Crippen LogP contribution in [0.4, 0.5) is 0 Å². The number of hydrogen-bond donors (Lipinski definition) is 1. The second-order valence-corrected chi connectivity index (χ2v) is 11.1. The van der Waals surface area contributed by atoms with E-state index in [1.807, 2.05) is 12.1 Å². The zero-order valence-electron chi connectivity index (χ0n) is 24.4. The summed E-state index contributed by atoms with van der Waals surface area (Å²) >= 11 is 0. The van der Waals surface area contributed by atoms with Crippen LogP contribution in [0, 0.1) is 12.5 Å². The molecule has 7 rings (SSSR count). The number of benzene rings is 3. The lowest BCUT2D eigenvalue weighted by Gasteiger charge is -2.40. The summed E-state index contributed by atoms with van der Waals surface area (Å²) in [7, 11) is 3.05. The standard InChI is InChI=1S/C32H30O12/c1-6-37-29-28-27(43-32(2,3)44-28)23(12-33)41-31(29)42-26-17-11-21(36-5)20(35-4)10-16(17)24(25-18(26)13-38-30(25)34)15-7-8-19-22(9-15)40-14-39-19/h1,7-11,23,27-29,31,33H,12-14H2,2-5H3. The SMILES string of the molecule is C#COC1C(Oc2c3c(c(-c4ccc5c(c4)OCO5)c4cc(OC)c(OC)cc24)C(=O)OC3)OC(CO)C2OC(C)(C)OC21. The van der Waals surface area contributed by atoms with Gasteiger partial charge in [0.1, 0.15) is 36.8 Å². The Morgan fingerprint density at radius 1 is 0.977 bits per heavy atom. The molecule has 12 nitrogen and oxygen atoms in total. The van der Waals surface area contributed by atoms with Crippen LogP contribution in [0.5, 0.6) is 28.7 Å². The van der Waals surface area contributed by atoms with Crippen LogP contribution in [0.2, 0.25) is 0 Å². The molecule has 3 aromatic rings. The van der Waals surface area contributed by atoms with E-state index >= 15 is 0 Å². The Morgan fingerprint density at radius 3 is 2.43 bits per heavy atom. The van der Waals surface area contributed by atoms with Gasteiger partial charge in [0.25, 0.3) is 0 Å². The van der Waals surface area contributed by atoms with E-state index in [-0.39, 0.29) is 25.8 Å². The molecule has 0 bridgehead atoms. The average molecular weight is 607 g/mol. The van der Waals surface area contributed by atoms with Gasteiger partial charge in [-0.25, -0.2) is 4.79 Å². The van der Waals surface area contributed by atoms with Gasteiger partial charge in [-0.1, -0.05) is 12.5 Å². The maximum atomic E-state index is 13.4. The second kappa shape index (κ2) is 10.6. The summed E-state index contributed by atoms with van der Waals surface area (Å²) < 4.78 is 58.6. The highest BCUT2D eigenvalue weighted by molar-refractivity contribution is 6.14. The third-order valence-corrected chi connectivity index (χ3v) is 8.13. The minimum absolute atomic E-state index is 0.0686. The van der Waals surface area contributed by atoms with E-state index < -0.39 is 42.5 Å². The van der Waals surface area contributed by atoms with Crippen molar-refractivity contribution in [2.75, 3.05) is 27.6 Å². The van der Waals surface area contributed by atoms with Crippen molar-refractivity contribution >= 4 is 16.7 Å². The van der Waals surface area contributed by atoms with Gasteiger partial charge in [0.15, 0.2) is 28.8 Å². The highest BCUT2D eigenvalue weighted by Gasteiger charge is 2.57. The number of rotatable bonds is 7. The lowest BCUT2D eigenvalue weighted by atomic mass is 9.89. The molecule has 0 aromatic heterocycles. The van der Waals surface area contributed by atoms with Crippen molar-refractivity contribution in [2.24, 2.45) is 0 Å². The number of aliphatic hydroxyl groups is 1. The maximum Gasteiger partial charge on any atom is 0.339 e. The molecule has 44 heavy (non-hydrogen) atoms. The fraction of sp³-hybridized carbons (Fsp3) is 0.406. The van der Waals surface area contributed by atoms with E-state index in [1.54, 1.807) is 32.0 Å². The molecule has 4 heterocycles. The largest absolute Gasteiger partial charge is 0.493 e. The molecule has 1 N–H and O–H groups in total. The van der Waals surface area contributed by atoms with Crippen LogP contribution >= 0.6 is 0 Å². The number of cyclic esters (lactones) is 1. The van der Waals surface area contributed by atoms with E-state index in [0.717, 1.165) is 0 Å². The predicted molar refractivity (Wildman–Crippen MR) is 152 cm³/mol. The Bertz CT molecular complexity index is 1690. The summed E-state index contributed by atoms with van der Waals surface area (Å²) in [5.74, 6) is 0.782. The van der Waals surface area contributed by atoms with Gasteiger partial charge >= 0.3 is 5.97 Å². The van der Waals surface area contributed by atoms with E-state index in [9.17, 15) is 9.90 Å². The van der Waals surface area contributed by atoms with Crippen LogP contribution in [0.3, 0.4) is 0 Å². The third-order valence-electron chi connectivity index (χ3n) is 8.13. The Balaban J connectivity index is 1.43. The van der Waals surface area contributed by atoms with Crippen LogP contribution < -0.4 is 23.7 Å². The zero-order valence-corrected chi connectivity index (χ0v) is 24.4. The highest BCUT2D eigenvalue weighted by atomic mass is 16.8. The van der Waals surface area contributed by atoms with Gasteiger partial charge in [0.05, 0.1) is 26.4 Å². The minimum atomic E-state index is -1.17.